The van der Waals surface area contributed by atoms with Gasteiger partial charge >= 0.3 is 12.0 Å². The van der Waals surface area contributed by atoms with Crippen LogP contribution in [-0.4, -0.2) is 35.1 Å². The van der Waals surface area contributed by atoms with Crippen LogP contribution in [0.5, 0.6) is 0 Å². The van der Waals surface area contributed by atoms with Crippen LogP contribution in [0.1, 0.15) is 13.3 Å². The lowest BCUT2D eigenvalue weighted by Gasteiger charge is -2.34. The Hall–Kier alpha value is -1.34. The Morgan fingerprint density at radius 3 is 2.73 bits per heavy atom. The third-order valence-electron chi connectivity index (χ3n) is 3.53. The third-order valence-corrected chi connectivity index (χ3v) is 4.86. The molecule has 0 spiro atoms. The van der Waals surface area contributed by atoms with Gasteiger partial charge in [0.2, 0.25) is 0 Å². The molecule has 2 N–H and O–H groups in total. The van der Waals surface area contributed by atoms with Gasteiger partial charge in [-0.1, -0.05) is 18.5 Å². The minimum Gasteiger partial charge on any atom is -0.481 e. The number of nitrogens with zero attached hydrogens (tertiary/aromatic N) is 1. The minimum absolute atomic E-state index is 0.0887. The fourth-order valence-electron chi connectivity index (χ4n) is 2.53. The van der Waals surface area contributed by atoms with Crippen LogP contribution in [0.2, 0.25) is 5.02 Å². The van der Waals surface area contributed by atoms with Crippen molar-refractivity contribution in [2.75, 3.05) is 18.4 Å². The van der Waals surface area contributed by atoms with Gasteiger partial charge in [0, 0.05) is 18.8 Å². The maximum Gasteiger partial charge on any atom is 0.321 e. The number of carbonyl (C=O) groups excluding carboxylic acids is 1. The zero-order valence-corrected chi connectivity index (χ0v) is 14.1. The summed E-state index contributed by atoms with van der Waals surface area (Å²) in [5, 5.41) is 11.8. The van der Waals surface area contributed by atoms with E-state index < -0.39 is 23.7 Å². The lowest BCUT2D eigenvalue weighted by atomic mass is 9.91. The van der Waals surface area contributed by atoms with Crippen molar-refractivity contribution in [2.24, 2.45) is 11.8 Å². The first kappa shape index (κ1) is 17.0. The van der Waals surface area contributed by atoms with Gasteiger partial charge in [0.25, 0.3) is 0 Å². The molecule has 1 heterocycles. The van der Waals surface area contributed by atoms with E-state index >= 15 is 0 Å². The Bertz CT molecular complexity index is 591. The van der Waals surface area contributed by atoms with Crippen molar-refractivity contribution in [1.82, 2.24) is 4.90 Å². The number of halogens is 3. The SMILES string of the molecule is CC1CC(C(=O)O)CN(C(=O)Nc2cc(F)c(Br)c(Cl)c2)C1. The maximum atomic E-state index is 13.6. The molecule has 2 rings (SSSR count). The van der Waals surface area contributed by atoms with Crippen LogP contribution in [0.4, 0.5) is 14.9 Å². The molecule has 1 aliphatic heterocycles. The summed E-state index contributed by atoms with van der Waals surface area (Å²) in [6.45, 7) is 2.49. The monoisotopic (exact) mass is 392 g/mol. The molecule has 0 bridgehead atoms. The molecule has 8 heteroatoms. The summed E-state index contributed by atoms with van der Waals surface area (Å²) in [6, 6.07) is 2.11. The lowest BCUT2D eigenvalue weighted by molar-refractivity contribution is -0.143. The van der Waals surface area contributed by atoms with E-state index in [4.69, 9.17) is 16.7 Å². The Kier molecular flexibility index (Phi) is 5.28. The van der Waals surface area contributed by atoms with Crippen LogP contribution < -0.4 is 5.32 Å². The standard InChI is InChI=1S/C14H15BrClFN2O3/c1-7-2-8(13(20)21)6-19(5-7)14(22)18-9-3-10(16)12(15)11(17)4-9/h3-4,7-8H,2,5-6H2,1H3,(H,18,22)(H,20,21). The van der Waals surface area contributed by atoms with Crippen molar-refractivity contribution in [2.45, 2.75) is 13.3 Å². The van der Waals surface area contributed by atoms with E-state index in [1.807, 2.05) is 6.92 Å². The first-order valence-electron chi connectivity index (χ1n) is 6.71. The molecule has 2 atom stereocenters. The molecule has 0 radical (unpaired) electrons. The van der Waals surface area contributed by atoms with Gasteiger partial charge in [-0.15, -0.1) is 0 Å². The van der Waals surface area contributed by atoms with Gasteiger partial charge < -0.3 is 15.3 Å². The second-order valence-electron chi connectivity index (χ2n) is 5.47. The number of carboxylic acids is 1. The van der Waals surface area contributed by atoms with Gasteiger partial charge in [0.1, 0.15) is 5.82 Å². The largest absolute Gasteiger partial charge is 0.481 e. The second-order valence-corrected chi connectivity index (χ2v) is 6.67. The molecule has 0 aromatic heterocycles. The minimum atomic E-state index is -0.915. The highest BCUT2D eigenvalue weighted by Gasteiger charge is 2.32. The number of carbonyl (C=O) groups is 2. The fourth-order valence-corrected chi connectivity index (χ4v) is 2.96. The van der Waals surface area contributed by atoms with Gasteiger partial charge in [0.05, 0.1) is 15.4 Å². The maximum absolute atomic E-state index is 13.6. The number of hydrogen-bond acceptors (Lipinski definition) is 2. The molecule has 1 aromatic carbocycles. The van der Waals surface area contributed by atoms with E-state index in [9.17, 15) is 14.0 Å². The number of carboxylic acid groups (broad SMARTS) is 1. The second kappa shape index (κ2) is 6.83. The van der Waals surface area contributed by atoms with E-state index in [-0.39, 0.29) is 27.6 Å². The molecule has 22 heavy (non-hydrogen) atoms. The Morgan fingerprint density at radius 2 is 2.14 bits per heavy atom. The summed E-state index contributed by atoms with van der Waals surface area (Å²) in [6.07, 6.45) is 0.540. The molecule has 1 aromatic rings. The predicted molar refractivity (Wildman–Crippen MR) is 84.6 cm³/mol. The number of urea groups is 1. The van der Waals surface area contributed by atoms with E-state index in [0.29, 0.717) is 13.0 Å². The average Bonchev–Trinajstić information content (AvgIpc) is 2.43. The molecule has 1 fully saturated rings. The summed E-state index contributed by atoms with van der Waals surface area (Å²) in [5.41, 5.74) is 0.223. The summed E-state index contributed by atoms with van der Waals surface area (Å²) in [5.74, 6) is -1.99. The van der Waals surface area contributed by atoms with Crippen molar-refractivity contribution in [3.63, 3.8) is 0 Å². The third kappa shape index (κ3) is 3.89. The van der Waals surface area contributed by atoms with Crippen LogP contribution in [0.15, 0.2) is 16.6 Å². The molecule has 1 aliphatic rings. The first-order valence-corrected chi connectivity index (χ1v) is 7.88. The van der Waals surface area contributed by atoms with Crippen LogP contribution in [0.25, 0.3) is 0 Å². The van der Waals surface area contributed by atoms with E-state index in [0.717, 1.165) is 6.07 Å². The van der Waals surface area contributed by atoms with Crippen LogP contribution >= 0.6 is 27.5 Å². The number of likely N-dealkylation sites (tertiary alicyclic amines) is 1. The van der Waals surface area contributed by atoms with Gasteiger partial charge in [-0.25, -0.2) is 9.18 Å². The van der Waals surface area contributed by atoms with E-state index in [2.05, 4.69) is 21.2 Å². The zero-order valence-electron chi connectivity index (χ0n) is 11.8. The quantitative estimate of drug-likeness (QED) is 0.751. The normalized spacial score (nSPS) is 21.5. The average molecular weight is 394 g/mol. The molecular weight excluding hydrogens is 379 g/mol. The van der Waals surface area contributed by atoms with Gasteiger partial charge in [-0.3, -0.25) is 4.79 Å². The molecule has 1 saturated heterocycles. The van der Waals surface area contributed by atoms with E-state index in [1.165, 1.54) is 11.0 Å². The van der Waals surface area contributed by atoms with Crippen molar-refractivity contribution < 1.29 is 19.1 Å². The molecule has 120 valence electrons. The Morgan fingerprint density at radius 1 is 1.45 bits per heavy atom. The molecule has 0 aliphatic carbocycles. The number of amides is 2. The molecule has 2 amide bonds. The number of hydrogen-bond donors (Lipinski definition) is 2. The number of nitrogens with one attached hydrogen (secondary N) is 1. The number of aliphatic carboxylic acids is 1. The summed E-state index contributed by atoms with van der Waals surface area (Å²) in [7, 11) is 0. The highest BCUT2D eigenvalue weighted by molar-refractivity contribution is 9.10. The highest BCUT2D eigenvalue weighted by atomic mass is 79.9. The van der Waals surface area contributed by atoms with Crippen molar-refractivity contribution in [3.8, 4) is 0 Å². The molecule has 5 nitrogen and oxygen atoms in total. The molecule has 2 unspecified atom stereocenters. The lowest BCUT2D eigenvalue weighted by Crippen LogP contribution is -2.47. The van der Waals surface area contributed by atoms with E-state index in [1.54, 1.807) is 0 Å². The van der Waals surface area contributed by atoms with Crippen LogP contribution in [0.3, 0.4) is 0 Å². The number of piperidine rings is 1. The predicted octanol–water partition coefficient (Wildman–Crippen LogP) is 3.82. The fraction of sp³-hybridized carbons (Fsp3) is 0.429. The zero-order chi connectivity index (χ0) is 16.4. The molecular formula is C14H15BrClFN2O3. The van der Waals surface area contributed by atoms with Crippen molar-refractivity contribution >= 4 is 45.2 Å². The van der Waals surface area contributed by atoms with Gasteiger partial charge in [0.15, 0.2) is 0 Å². The van der Waals surface area contributed by atoms with Crippen molar-refractivity contribution in [3.05, 3.63) is 27.4 Å². The summed E-state index contributed by atoms with van der Waals surface area (Å²) < 4.78 is 13.7. The van der Waals surface area contributed by atoms with Crippen LogP contribution in [0, 0.1) is 17.7 Å². The first-order chi connectivity index (χ1) is 10.3. The number of rotatable bonds is 2. The highest BCUT2D eigenvalue weighted by Crippen LogP contribution is 2.29. The molecule has 0 saturated carbocycles. The van der Waals surface area contributed by atoms with Gasteiger partial charge in [-0.05, 0) is 40.4 Å². The number of anilines is 1. The van der Waals surface area contributed by atoms with Crippen molar-refractivity contribution in [1.29, 1.82) is 0 Å². The van der Waals surface area contributed by atoms with Crippen LogP contribution in [-0.2, 0) is 4.79 Å². The Balaban J connectivity index is 2.10. The Labute approximate surface area is 140 Å². The summed E-state index contributed by atoms with van der Waals surface area (Å²) >= 11 is 8.84. The summed E-state index contributed by atoms with van der Waals surface area (Å²) in [4.78, 5) is 24.8. The number of benzene rings is 1. The topological polar surface area (TPSA) is 69.6 Å². The smallest absolute Gasteiger partial charge is 0.321 e. The van der Waals surface area contributed by atoms with Gasteiger partial charge in [-0.2, -0.15) is 0 Å².